The summed E-state index contributed by atoms with van der Waals surface area (Å²) in [6.45, 7) is -0.193. The highest BCUT2D eigenvalue weighted by Gasteiger charge is 2.27. The molecule has 128 valence electrons. The molecule has 0 N–H and O–H groups in total. The lowest BCUT2D eigenvalue weighted by Gasteiger charge is -2.19. The number of carbonyl (C=O) groups excluding carboxylic acids is 2. The Labute approximate surface area is 137 Å². The first-order valence-corrected chi connectivity index (χ1v) is 6.87. The van der Waals surface area contributed by atoms with Crippen LogP contribution in [0.2, 0.25) is 0 Å². The van der Waals surface area contributed by atoms with Crippen molar-refractivity contribution in [2.75, 3.05) is 27.9 Å². The third-order valence-electron chi connectivity index (χ3n) is 3.16. The highest BCUT2D eigenvalue weighted by atomic mass is 19.1. The van der Waals surface area contributed by atoms with Gasteiger partial charge in [0.15, 0.2) is 17.3 Å². The second kappa shape index (κ2) is 7.60. The fraction of sp³-hybridized carbons (Fsp3) is 0.250. The van der Waals surface area contributed by atoms with E-state index in [0.717, 1.165) is 12.2 Å². The predicted molar refractivity (Wildman–Crippen MR) is 82.1 cm³/mol. The topological polar surface area (TPSA) is 74.3 Å². The van der Waals surface area contributed by atoms with Gasteiger partial charge in [-0.2, -0.15) is 0 Å². The van der Waals surface area contributed by atoms with Crippen LogP contribution in [0.4, 0.5) is 4.39 Å². The molecular formula is C16H16FNO6. The average Bonchev–Trinajstić information content (AvgIpc) is 2.60. The Balaban J connectivity index is 2.24. The summed E-state index contributed by atoms with van der Waals surface area (Å²) in [5.41, 5.74) is 0.554. The molecule has 0 radical (unpaired) electrons. The Morgan fingerprint density at radius 1 is 1.21 bits per heavy atom. The van der Waals surface area contributed by atoms with Gasteiger partial charge in [-0.25, -0.2) is 4.39 Å². The number of rotatable bonds is 5. The first-order valence-electron chi connectivity index (χ1n) is 6.87. The van der Waals surface area contributed by atoms with E-state index in [1.54, 1.807) is 12.1 Å². The van der Waals surface area contributed by atoms with Crippen LogP contribution in [0.1, 0.15) is 5.56 Å². The molecule has 0 unspecified atom stereocenters. The van der Waals surface area contributed by atoms with E-state index in [1.807, 2.05) is 0 Å². The fourth-order valence-corrected chi connectivity index (χ4v) is 2.02. The van der Waals surface area contributed by atoms with E-state index in [1.165, 1.54) is 27.4 Å². The molecule has 8 heteroatoms. The Morgan fingerprint density at radius 2 is 1.83 bits per heavy atom. The van der Waals surface area contributed by atoms with Crippen molar-refractivity contribution in [2.45, 2.75) is 0 Å². The molecule has 7 nitrogen and oxygen atoms in total. The Bertz CT molecular complexity index is 688. The van der Waals surface area contributed by atoms with Crippen molar-refractivity contribution in [1.29, 1.82) is 0 Å². The summed E-state index contributed by atoms with van der Waals surface area (Å²) >= 11 is 0. The molecule has 0 saturated carbocycles. The maximum atomic E-state index is 13.2. The minimum absolute atomic E-state index is 0.193. The molecule has 1 aromatic rings. The van der Waals surface area contributed by atoms with E-state index in [-0.39, 0.29) is 6.61 Å². The van der Waals surface area contributed by atoms with Crippen molar-refractivity contribution in [3.63, 3.8) is 0 Å². The van der Waals surface area contributed by atoms with Gasteiger partial charge in [0, 0.05) is 6.08 Å². The highest BCUT2D eigenvalue weighted by Crippen LogP contribution is 2.38. The molecule has 0 aromatic heterocycles. The summed E-state index contributed by atoms with van der Waals surface area (Å²) < 4.78 is 28.8. The number of benzene rings is 1. The predicted octanol–water partition coefficient (Wildman–Crippen LogP) is 1.88. The molecule has 0 saturated heterocycles. The minimum Gasteiger partial charge on any atom is -0.493 e. The number of hydrogen-bond acceptors (Lipinski definition) is 6. The molecule has 2 amide bonds. The van der Waals surface area contributed by atoms with Crippen molar-refractivity contribution < 1.29 is 33.0 Å². The molecule has 2 rings (SSSR count). The Hall–Kier alpha value is -2.87. The van der Waals surface area contributed by atoms with Gasteiger partial charge in [0.05, 0.1) is 27.9 Å². The summed E-state index contributed by atoms with van der Waals surface area (Å²) in [5, 5.41) is 0.365. The van der Waals surface area contributed by atoms with Gasteiger partial charge in [-0.1, -0.05) is 0 Å². The number of carbonyl (C=O) groups is 2. The lowest BCUT2D eigenvalue weighted by Crippen LogP contribution is -2.38. The molecule has 0 bridgehead atoms. The van der Waals surface area contributed by atoms with Gasteiger partial charge in [-0.15, -0.1) is 5.06 Å². The van der Waals surface area contributed by atoms with E-state index in [4.69, 9.17) is 19.0 Å². The second-order valence-electron chi connectivity index (χ2n) is 4.58. The zero-order valence-electron chi connectivity index (χ0n) is 13.4. The summed E-state index contributed by atoms with van der Waals surface area (Å²) in [6.07, 6.45) is 3.45. The van der Waals surface area contributed by atoms with Gasteiger partial charge < -0.3 is 14.2 Å². The number of amides is 2. The van der Waals surface area contributed by atoms with Crippen LogP contribution in [0.3, 0.4) is 0 Å². The van der Waals surface area contributed by atoms with Crippen molar-refractivity contribution in [3.05, 3.63) is 35.7 Å². The normalized spacial score (nSPS) is 14.6. The number of nitrogens with zero attached hydrogens (tertiary/aromatic N) is 1. The van der Waals surface area contributed by atoms with Crippen LogP contribution < -0.4 is 14.2 Å². The Morgan fingerprint density at radius 3 is 2.38 bits per heavy atom. The van der Waals surface area contributed by atoms with Crippen LogP contribution >= 0.6 is 0 Å². The molecule has 1 aliphatic rings. The number of methoxy groups -OCH3 is 3. The molecule has 1 aliphatic heterocycles. The summed E-state index contributed by atoms with van der Waals surface area (Å²) in [6, 6.07) is 3.23. The first-order chi connectivity index (χ1) is 11.5. The number of ether oxygens (including phenoxy) is 3. The summed E-state index contributed by atoms with van der Waals surface area (Å²) in [4.78, 5) is 28.3. The monoisotopic (exact) mass is 337 g/mol. The summed E-state index contributed by atoms with van der Waals surface area (Å²) in [5.74, 6) is -1.76. The second-order valence-corrected chi connectivity index (χ2v) is 4.58. The fourth-order valence-electron chi connectivity index (χ4n) is 2.02. The van der Waals surface area contributed by atoms with Gasteiger partial charge in [0.25, 0.3) is 5.91 Å². The summed E-state index contributed by atoms with van der Waals surface area (Å²) in [7, 11) is 4.40. The third-order valence-corrected chi connectivity index (χ3v) is 3.16. The van der Waals surface area contributed by atoms with E-state index in [0.29, 0.717) is 27.9 Å². The van der Waals surface area contributed by atoms with Crippen molar-refractivity contribution in [3.8, 4) is 17.2 Å². The van der Waals surface area contributed by atoms with E-state index >= 15 is 0 Å². The maximum Gasteiger partial charge on any atom is 0.313 e. The zero-order valence-corrected chi connectivity index (χ0v) is 13.4. The molecule has 1 aromatic carbocycles. The van der Waals surface area contributed by atoms with Gasteiger partial charge in [-0.3, -0.25) is 14.4 Å². The lowest BCUT2D eigenvalue weighted by molar-refractivity contribution is -0.189. The van der Waals surface area contributed by atoms with E-state index in [9.17, 15) is 14.0 Å². The van der Waals surface area contributed by atoms with Crippen LogP contribution in [-0.2, 0) is 14.4 Å². The largest absolute Gasteiger partial charge is 0.493 e. The molecule has 0 aliphatic carbocycles. The molecule has 1 heterocycles. The molecular weight excluding hydrogens is 321 g/mol. The van der Waals surface area contributed by atoms with Crippen molar-refractivity contribution in [1.82, 2.24) is 5.06 Å². The highest BCUT2D eigenvalue weighted by molar-refractivity contribution is 6.07. The molecule has 0 fully saturated rings. The minimum atomic E-state index is -1.14. The van der Waals surface area contributed by atoms with Gasteiger partial charge >= 0.3 is 5.91 Å². The number of imide groups is 1. The standard InChI is InChI=1S/C16H16FNO6/c1-21-12-8-10(9-13(22-2)15(12)23-3)4-5-14(19)18-16(20)11(17)6-7-24-18/h4-6,8-9H,7H2,1-3H3. The molecule has 24 heavy (non-hydrogen) atoms. The molecule has 0 atom stereocenters. The number of hydrogen-bond donors (Lipinski definition) is 0. The zero-order chi connectivity index (χ0) is 17.7. The van der Waals surface area contributed by atoms with Gasteiger partial charge in [0.2, 0.25) is 5.75 Å². The maximum absolute atomic E-state index is 13.2. The number of hydroxylamine groups is 2. The smallest absolute Gasteiger partial charge is 0.313 e. The van der Waals surface area contributed by atoms with Crippen LogP contribution in [0.25, 0.3) is 6.08 Å². The van der Waals surface area contributed by atoms with Crippen molar-refractivity contribution >= 4 is 17.9 Å². The van der Waals surface area contributed by atoms with Gasteiger partial charge in [-0.05, 0) is 29.8 Å². The first kappa shape index (κ1) is 17.5. The van der Waals surface area contributed by atoms with Crippen molar-refractivity contribution in [2.24, 2.45) is 0 Å². The van der Waals surface area contributed by atoms with Crippen LogP contribution in [0, 0.1) is 0 Å². The van der Waals surface area contributed by atoms with Crippen LogP contribution in [0.15, 0.2) is 30.1 Å². The van der Waals surface area contributed by atoms with E-state index < -0.39 is 17.6 Å². The quantitative estimate of drug-likeness (QED) is 0.764. The third kappa shape index (κ3) is 3.54. The van der Waals surface area contributed by atoms with E-state index in [2.05, 4.69) is 0 Å². The lowest BCUT2D eigenvalue weighted by atomic mass is 10.1. The van der Waals surface area contributed by atoms with Crippen LogP contribution in [0.5, 0.6) is 17.2 Å². The Kier molecular flexibility index (Phi) is 5.54. The average molecular weight is 337 g/mol. The number of halogens is 1. The van der Waals surface area contributed by atoms with Gasteiger partial charge in [0.1, 0.15) is 0 Å². The van der Waals surface area contributed by atoms with Crippen LogP contribution in [-0.4, -0.2) is 44.8 Å². The SMILES string of the molecule is COc1cc(C=CC(=O)N2OCC=C(F)C2=O)cc(OC)c1OC. The molecule has 0 spiro atoms.